The van der Waals surface area contributed by atoms with Gasteiger partial charge in [0.2, 0.25) is 0 Å². The molecule has 0 spiro atoms. The Morgan fingerprint density at radius 3 is 3.06 bits per heavy atom. The minimum atomic E-state index is 0.684. The quantitative estimate of drug-likeness (QED) is 0.840. The highest BCUT2D eigenvalue weighted by molar-refractivity contribution is 9.11. The highest BCUT2D eigenvalue weighted by Gasteiger charge is 2.11. The highest BCUT2D eigenvalue weighted by Crippen LogP contribution is 2.22. The van der Waals surface area contributed by atoms with Gasteiger partial charge in [0.1, 0.15) is 0 Å². The molecular formula is C12H18BrNOS. The topological polar surface area (TPSA) is 21.3 Å². The van der Waals surface area contributed by atoms with Crippen molar-refractivity contribution in [3.8, 4) is 0 Å². The fraction of sp³-hybridized carbons (Fsp3) is 0.667. The zero-order valence-electron chi connectivity index (χ0n) is 9.38. The van der Waals surface area contributed by atoms with Gasteiger partial charge in [-0.15, -0.1) is 11.3 Å². The molecule has 90 valence electrons. The summed E-state index contributed by atoms with van der Waals surface area (Å²) >= 11 is 5.21. The number of hydrogen-bond donors (Lipinski definition) is 1. The van der Waals surface area contributed by atoms with Crippen LogP contribution < -0.4 is 5.32 Å². The first kappa shape index (κ1) is 12.6. The molecule has 1 aliphatic heterocycles. The number of rotatable bonds is 5. The first-order valence-corrected chi connectivity index (χ1v) is 7.51. The lowest BCUT2D eigenvalue weighted by Gasteiger charge is -2.23. The zero-order chi connectivity index (χ0) is 11.2. The highest BCUT2D eigenvalue weighted by atomic mass is 79.9. The molecule has 0 aromatic carbocycles. The van der Waals surface area contributed by atoms with Crippen LogP contribution in [0.3, 0.4) is 0 Å². The van der Waals surface area contributed by atoms with Crippen LogP contribution in [0.15, 0.2) is 15.9 Å². The Hall–Kier alpha value is 0.1000. The summed E-state index contributed by atoms with van der Waals surface area (Å²) in [5.41, 5.74) is 0. The molecule has 0 bridgehead atoms. The average Bonchev–Trinajstić information content (AvgIpc) is 2.72. The molecule has 1 N–H and O–H groups in total. The van der Waals surface area contributed by atoms with Crippen molar-refractivity contribution in [1.29, 1.82) is 0 Å². The van der Waals surface area contributed by atoms with Crippen molar-refractivity contribution < 1.29 is 4.74 Å². The summed E-state index contributed by atoms with van der Waals surface area (Å²) in [4.78, 5) is 1.29. The third-order valence-corrected chi connectivity index (χ3v) is 4.49. The van der Waals surface area contributed by atoms with E-state index < -0.39 is 0 Å². The van der Waals surface area contributed by atoms with Crippen molar-refractivity contribution in [2.24, 2.45) is 0 Å². The summed E-state index contributed by atoms with van der Waals surface area (Å²) in [7, 11) is 0. The standard InChI is InChI=1S/C12H18BrNOS/c13-12-5-4-11(16-12)9-15-8-6-10-3-1-2-7-14-10/h4-5,10,14H,1-3,6-9H2. The van der Waals surface area contributed by atoms with Gasteiger partial charge in [-0.3, -0.25) is 0 Å². The van der Waals surface area contributed by atoms with E-state index in [-0.39, 0.29) is 0 Å². The van der Waals surface area contributed by atoms with Gasteiger partial charge in [0, 0.05) is 17.5 Å². The van der Waals surface area contributed by atoms with E-state index in [4.69, 9.17) is 4.74 Å². The number of nitrogens with one attached hydrogen (secondary N) is 1. The number of piperidine rings is 1. The molecule has 0 aliphatic carbocycles. The summed E-state index contributed by atoms with van der Waals surface area (Å²) in [5.74, 6) is 0. The van der Waals surface area contributed by atoms with Crippen LogP contribution in [0.2, 0.25) is 0 Å². The van der Waals surface area contributed by atoms with Gasteiger partial charge < -0.3 is 10.1 Å². The first-order valence-electron chi connectivity index (χ1n) is 5.90. The van der Waals surface area contributed by atoms with E-state index in [1.165, 1.54) is 34.5 Å². The summed E-state index contributed by atoms with van der Waals surface area (Å²) < 4.78 is 6.87. The van der Waals surface area contributed by atoms with Crippen LogP contribution in [0.25, 0.3) is 0 Å². The van der Waals surface area contributed by atoms with Gasteiger partial charge in [-0.05, 0) is 53.9 Å². The molecule has 1 fully saturated rings. The summed E-state index contributed by atoms with van der Waals surface area (Å²) in [6.07, 6.45) is 5.16. The first-order chi connectivity index (χ1) is 7.84. The lowest BCUT2D eigenvalue weighted by Crippen LogP contribution is -2.34. The van der Waals surface area contributed by atoms with E-state index in [9.17, 15) is 0 Å². The summed E-state index contributed by atoms with van der Waals surface area (Å²) in [6, 6.07) is 4.88. The molecule has 1 aromatic heterocycles. The minimum Gasteiger partial charge on any atom is -0.376 e. The zero-order valence-corrected chi connectivity index (χ0v) is 11.8. The average molecular weight is 304 g/mol. The molecular weight excluding hydrogens is 286 g/mol. The van der Waals surface area contributed by atoms with Crippen LogP contribution in [-0.4, -0.2) is 19.2 Å². The molecule has 1 saturated heterocycles. The van der Waals surface area contributed by atoms with Crippen molar-refractivity contribution in [2.75, 3.05) is 13.2 Å². The molecule has 0 saturated carbocycles. The molecule has 0 radical (unpaired) electrons. The van der Waals surface area contributed by atoms with Crippen LogP contribution >= 0.6 is 27.3 Å². The third kappa shape index (κ3) is 4.17. The molecule has 2 nitrogen and oxygen atoms in total. The van der Waals surface area contributed by atoms with Crippen molar-refractivity contribution in [3.05, 3.63) is 20.8 Å². The maximum Gasteiger partial charge on any atom is 0.0809 e. The second-order valence-electron chi connectivity index (χ2n) is 4.19. The Kier molecular flexibility index (Phi) is 5.29. The van der Waals surface area contributed by atoms with E-state index in [1.54, 1.807) is 11.3 Å². The minimum absolute atomic E-state index is 0.684. The number of hydrogen-bond acceptors (Lipinski definition) is 3. The van der Waals surface area contributed by atoms with Gasteiger partial charge in [0.25, 0.3) is 0 Å². The van der Waals surface area contributed by atoms with Crippen LogP contribution in [0.4, 0.5) is 0 Å². The van der Waals surface area contributed by atoms with E-state index in [0.717, 1.165) is 19.6 Å². The second kappa shape index (κ2) is 6.74. The van der Waals surface area contributed by atoms with Gasteiger partial charge in [0.15, 0.2) is 0 Å². The lowest BCUT2D eigenvalue weighted by atomic mass is 10.0. The van der Waals surface area contributed by atoms with Crippen molar-refractivity contribution >= 4 is 27.3 Å². The van der Waals surface area contributed by atoms with Gasteiger partial charge in [-0.25, -0.2) is 0 Å². The van der Waals surface area contributed by atoms with Crippen LogP contribution in [-0.2, 0) is 11.3 Å². The Labute approximate surface area is 110 Å². The Balaban J connectivity index is 1.57. The number of thiophene rings is 1. The van der Waals surface area contributed by atoms with E-state index in [1.807, 2.05) is 0 Å². The fourth-order valence-electron chi connectivity index (χ4n) is 2.00. The van der Waals surface area contributed by atoms with Gasteiger partial charge in [0.05, 0.1) is 10.4 Å². The Morgan fingerprint density at radius 2 is 2.38 bits per heavy atom. The molecule has 4 heteroatoms. The second-order valence-corrected chi connectivity index (χ2v) is 6.74. The van der Waals surface area contributed by atoms with Gasteiger partial charge >= 0.3 is 0 Å². The maximum absolute atomic E-state index is 5.69. The molecule has 1 aromatic rings. The van der Waals surface area contributed by atoms with Gasteiger partial charge in [-0.1, -0.05) is 6.42 Å². The van der Waals surface area contributed by atoms with Crippen LogP contribution in [0, 0.1) is 0 Å². The summed E-state index contributed by atoms with van der Waals surface area (Å²) in [6.45, 7) is 2.80. The lowest BCUT2D eigenvalue weighted by molar-refractivity contribution is 0.110. The van der Waals surface area contributed by atoms with Crippen molar-refractivity contribution in [2.45, 2.75) is 38.3 Å². The maximum atomic E-state index is 5.69. The Bertz CT molecular complexity index is 310. The van der Waals surface area contributed by atoms with E-state index in [0.29, 0.717) is 6.04 Å². The molecule has 2 rings (SSSR count). The normalized spacial score (nSPS) is 21.2. The summed E-state index contributed by atoms with van der Waals surface area (Å²) in [5, 5.41) is 3.54. The van der Waals surface area contributed by atoms with Crippen molar-refractivity contribution in [3.63, 3.8) is 0 Å². The fourth-order valence-corrected chi connectivity index (χ4v) is 3.42. The predicted molar refractivity (Wildman–Crippen MR) is 71.9 cm³/mol. The molecule has 16 heavy (non-hydrogen) atoms. The Morgan fingerprint density at radius 1 is 1.44 bits per heavy atom. The molecule has 1 aliphatic rings. The smallest absolute Gasteiger partial charge is 0.0809 e. The predicted octanol–water partition coefficient (Wildman–Crippen LogP) is 3.56. The van der Waals surface area contributed by atoms with Gasteiger partial charge in [-0.2, -0.15) is 0 Å². The van der Waals surface area contributed by atoms with E-state index >= 15 is 0 Å². The van der Waals surface area contributed by atoms with Crippen molar-refractivity contribution in [1.82, 2.24) is 5.32 Å². The monoisotopic (exact) mass is 303 g/mol. The molecule has 1 atom stereocenters. The van der Waals surface area contributed by atoms with Crippen LogP contribution in [0.5, 0.6) is 0 Å². The molecule has 2 heterocycles. The van der Waals surface area contributed by atoms with E-state index in [2.05, 4.69) is 33.4 Å². The SMILES string of the molecule is Brc1ccc(COCCC2CCCCN2)s1. The number of ether oxygens (including phenoxy) is 1. The van der Waals surface area contributed by atoms with Crippen LogP contribution in [0.1, 0.15) is 30.6 Å². The largest absolute Gasteiger partial charge is 0.376 e. The molecule has 1 unspecified atom stereocenters. The number of halogens is 1. The molecule has 0 amide bonds. The third-order valence-electron chi connectivity index (χ3n) is 2.90.